The average molecular weight is 184 g/mol. The van der Waals surface area contributed by atoms with Gasteiger partial charge in [0.05, 0.1) is 6.10 Å². The van der Waals surface area contributed by atoms with Crippen molar-refractivity contribution in [1.29, 1.82) is 0 Å². The van der Waals surface area contributed by atoms with Crippen molar-refractivity contribution in [2.24, 2.45) is 11.8 Å². The maximum atomic E-state index is 10.7. The van der Waals surface area contributed by atoms with E-state index >= 15 is 0 Å². The number of carbonyl (C=O) groups excluding carboxylic acids is 1. The zero-order valence-corrected chi connectivity index (χ0v) is 9.20. The first-order valence-electron chi connectivity index (χ1n) is 4.70. The molecule has 2 atom stereocenters. The van der Waals surface area contributed by atoms with Gasteiger partial charge < -0.3 is 4.74 Å². The van der Waals surface area contributed by atoms with E-state index in [0.29, 0.717) is 11.8 Å². The van der Waals surface area contributed by atoms with Gasteiger partial charge in [0.15, 0.2) is 5.78 Å². The summed E-state index contributed by atoms with van der Waals surface area (Å²) in [6, 6.07) is 0. The van der Waals surface area contributed by atoms with E-state index in [1.165, 1.54) is 0 Å². The van der Waals surface area contributed by atoms with Crippen molar-refractivity contribution in [2.45, 2.75) is 33.8 Å². The van der Waals surface area contributed by atoms with Crippen LogP contribution in [0.2, 0.25) is 0 Å². The second-order valence-corrected chi connectivity index (χ2v) is 3.77. The van der Waals surface area contributed by atoms with Crippen LogP contribution in [0.4, 0.5) is 0 Å². The third-order valence-corrected chi connectivity index (χ3v) is 2.36. The topological polar surface area (TPSA) is 26.3 Å². The van der Waals surface area contributed by atoms with Gasteiger partial charge in [-0.25, -0.2) is 0 Å². The lowest BCUT2D eigenvalue weighted by molar-refractivity contribution is -0.112. The first kappa shape index (κ1) is 12.4. The molecule has 0 bridgehead atoms. The summed E-state index contributed by atoms with van der Waals surface area (Å²) in [5.74, 6) is 1.06. The Bertz CT molecular complexity index is 183. The molecular weight excluding hydrogens is 164 g/mol. The number of ketones is 1. The van der Waals surface area contributed by atoms with Gasteiger partial charge in [-0.1, -0.05) is 26.8 Å². The molecule has 2 unspecified atom stereocenters. The van der Waals surface area contributed by atoms with E-state index in [0.717, 1.165) is 0 Å². The molecule has 0 aliphatic carbocycles. The molecule has 0 saturated carbocycles. The van der Waals surface area contributed by atoms with E-state index in [2.05, 4.69) is 20.8 Å². The van der Waals surface area contributed by atoms with Crippen LogP contribution in [0.15, 0.2) is 12.2 Å². The van der Waals surface area contributed by atoms with Crippen LogP contribution in [-0.4, -0.2) is 19.0 Å². The lowest BCUT2D eigenvalue weighted by Gasteiger charge is -2.22. The first-order valence-corrected chi connectivity index (χ1v) is 4.70. The number of allylic oxidation sites excluding steroid dienone is 1. The van der Waals surface area contributed by atoms with E-state index in [4.69, 9.17) is 4.74 Å². The molecule has 0 rings (SSSR count). The Morgan fingerprint density at radius 3 is 2.15 bits per heavy atom. The third-order valence-electron chi connectivity index (χ3n) is 2.36. The zero-order valence-electron chi connectivity index (χ0n) is 9.20. The molecule has 0 spiro atoms. The largest absolute Gasteiger partial charge is 0.377 e. The lowest BCUT2D eigenvalue weighted by atomic mass is 9.92. The van der Waals surface area contributed by atoms with Crippen LogP contribution in [-0.2, 0) is 9.53 Å². The van der Waals surface area contributed by atoms with E-state index < -0.39 is 0 Å². The summed E-state index contributed by atoms with van der Waals surface area (Å²) in [7, 11) is 1.67. The molecule has 0 amide bonds. The van der Waals surface area contributed by atoms with E-state index in [1.54, 1.807) is 20.1 Å². The van der Waals surface area contributed by atoms with Crippen LogP contribution < -0.4 is 0 Å². The molecule has 0 aliphatic rings. The Hall–Kier alpha value is -0.630. The molecule has 0 heterocycles. The van der Waals surface area contributed by atoms with Gasteiger partial charge in [-0.15, -0.1) is 0 Å². The van der Waals surface area contributed by atoms with Crippen molar-refractivity contribution in [1.82, 2.24) is 0 Å². The van der Waals surface area contributed by atoms with E-state index in [1.807, 2.05) is 6.08 Å². The van der Waals surface area contributed by atoms with Crippen molar-refractivity contribution < 1.29 is 9.53 Å². The van der Waals surface area contributed by atoms with Gasteiger partial charge >= 0.3 is 0 Å². The number of ether oxygens (including phenoxy) is 1. The second kappa shape index (κ2) is 5.92. The van der Waals surface area contributed by atoms with Crippen molar-refractivity contribution in [3.05, 3.63) is 12.2 Å². The highest BCUT2D eigenvalue weighted by Crippen LogP contribution is 2.17. The number of methoxy groups -OCH3 is 1. The first-order chi connectivity index (χ1) is 5.99. The molecule has 0 aromatic heterocycles. The minimum atomic E-state index is 0.0453. The van der Waals surface area contributed by atoms with Gasteiger partial charge in [0.1, 0.15) is 0 Å². The number of carbonyl (C=O) groups is 1. The Kier molecular flexibility index (Phi) is 5.63. The molecule has 0 saturated heterocycles. The van der Waals surface area contributed by atoms with Gasteiger partial charge in [0, 0.05) is 7.11 Å². The fraction of sp³-hybridized carbons (Fsp3) is 0.727. The zero-order chi connectivity index (χ0) is 10.4. The predicted molar refractivity (Wildman–Crippen MR) is 54.6 cm³/mol. The fourth-order valence-electron chi connectivity index (χ4n) is 1.08. The van der Waals surface area contributed by atoms with Gasteiger partial charge in [0.2, 0.25) is 0 Å². The second-order valence-electron chi connectivity index (χ2n) is 3.77. The van der Waals surface area contributed by atoms with Crippen LogP contribution >= 0.6 is 0 Å². The van der Waals surface area contributed by atoms with Crippen molar-refractivity contribution in [3.8, 4) is 0 Å². The molecule has 0 radical (unpaired) electrons. The highest BCUT2D eigenvalue weighted by atomic mass is 16.5. The Morgan fingerprint density at radius 2 is 1.85 bits per heavy atom. The van der Waals surface area contributed by atoms with Gasteiger partial charge in [-0.3, -0.25) is 4.79 Å². The fourth-order valence-corrected chi connectivity index (χ4v) is 1.08. The van der Waals surface area contributed by atoms with Gasteiger partial charge in [-0.2, -0.15) is 0 Å². The summed E-state index contributed by atoms with van der Waals surface area (Å²) in [5.41, 5.74) is 0. The Balaban J connectivity index is 4.25. The molecule has 0 aromatic rings. The van der Waals surface area contributed by atoms with Crippen LogP contribution in [0.25, 0.3) is 0 Å². The van der Waals surface area contributed by atoms with E-state index in [9.17, 15) is 4.79 Å². The maximum absolute atomic E-state index is 10.7. The smallest absolute Gasteiger partial charge is 0.152 e. The summed E-state index contributed by atoms with van der Waals surface area (Å²) in [6.07, 6.45) is 3.46. The quantitative estimate of drug-likeness (QED) is 0.613. The van der Waals surface area contributed by atoms with Crippen molar-refractivity contribution in [2.75, 3.05) is 7.11 Å². The molecule has 0 N–H and O–H groups in total. The summed E-state index contributed by atoms with van der Waals surface area (Å²) in [5, 5.41) is 0. The Morgan fingerprint density at radius 1 is 1.31 bits per heavy atom. The maximum Gasteiger partial charge on any atom is 0.152 e. The molecule has 0 fully saturated rings. The molecule has 13 heavy (non-hydrogen) atoms. The van der Waals surface area contributed by atoms with Crippen molar-refractivity contribution >= 4 is 5.78 Å². The summed E-state index contributed by atoms with van der Waals surface area (Å²) in [6.45, 7) is 7.98. The number of hydrogen-bond acceptors (Lipinski definition) is 2. The monoisotopic (exact) mass is 184 g/mol. The average Bonchev–Trinajstić information content (AvgIpc) is 2.04. The van der Waals surface area contributed by atoms with Crippen LogP contribution in [0.3, 0.4) is 0 Å². The van der Waals surface area contributed by atoms with Crippen LogP contribution in [0, 0.1) is 11.8 Å². The van der Waals surface area contributed by atoms with E-state index in [-0.39, 0.29) is 11.9 Å². The number of rotatable bonds is 5. The highest BCUT2D eigenvalue weighted by Gasteiger charge is 2.16. The highest BCUT2D eigenvalue weighted by molar-refractivity contribution is 5.87. The standard InChI is InChI=1S/C11H20O2/c1-8(2)10(4)11(13-5)7-6-9(3)12/h6-8,10-11H,1-5H3/b7-6+. The molecule has 0 aromatic carbocycles. The lowest BCUT2D eigenvalue weighted by Crippen LogP contribution is -2.22. The summed E-state index contributed by atoms with van der Waals surface area (Å²) < 4.78 is 5.28. The SMILES string of the molecule is COC(/C=C/C(C)=O)C(C)C(C)C. The summed E-state index contributed by atoms with van der Waals surface area (Å²) >= 11 is 0. The van der Waals surface area contributed by atoms with Crippen LogP contribution in [0.1, 0.15) is 27.7 Å². The van der Waals surface area contributed by atoms with Gasteiger partial charge in [0.25, 0.3) is 0 Å². The Labute approximate surface area is 81.0 Å². The molecule has 2 nitrogen and oxygen atoms in total. The van der Waals surface area contributed by atoms with Crippen LogP contribution in [0.5, 0.6) is 0 Å². The minimum Gasteiger partial charge on any atom is -0.377 e. The number of hydrogen-bond donors (Lipinski definition) is 0. The molecule has 0 aliphatic heterocycles. The third kappa shape index (κ3) is 4.83. The minimum absolute atomic E-state index is 0.0453. The van der Waals surface area contributed by atoms with Gasteiger partial charge in [-0.05, 0) is 24.8 Å². The van der Waals surface area contributed by atoms with Crippen molar-refractivity contribution in [3.63, 3.8) is 0 Å². The predicted octanol–water partition coefficient (Wildman–Crippen LogP) is 2.44. The molecule has 76 valence electrons. The molecule has 2 heteroatoms. The normalized spacial score (nSPS) is 16.5. The summed E-state index contributed by atoms with van der Waals surface area (Å²) in [4.78, 5) is 10.7. The molecular formula is C11H20O2.